The van der Waals surface area contributed by atoms with E-state index in [1.807, 2.05) is 0 Å². The van der Waals surface area contributed by atoms with Gasteiger partial charge in [-0.2, -0.15) is 0 Å². The zero-order valence-corrected chi connectivity index (χ0v) is 11.3. The molecule has 3 heteroatoms. The van der Waals surface area contributed by atoms with Gasteiger partial charge in [-0.3, -0.25) is 4.79 Å². The van der Waals surface area contributed by atoms with Crippen molar-refractivity contribution in [2.24, 2.45) is 23.7 Å². The molecule has 3 atom stereocenters. The van der Waals surface area contributed by atoms with Crippen LogP contribution in [0.15, 0.2) is 0 Å². The molecule has 0 radical (unpaired) electrons. The summed E-state index contributed by atoms with van der Waals surface area (Å²) in [6.07, 6.45) is 9.72. The van der Waals surface area contributed by atoms with Gasteiger partial charge in [0.25, 0.3) is 0 Å². The maximum atomic E-state index is 11.6. The lowest BCUT2D eigenvalue weighted by molar-refractivity contribution is -0.120. The molecule has 0 aromatic carbocycles. The van der Waals surface area contributed by atoms with Crippen molar-refractivity contribution in [3.8, 4) is 0 Å². The first-order chi connectivity index (χ1) is 8.81. The molecule has 0 saturated heterocycles. The Bertz CT molecular complexity index is 301. The van der Waals surface area contributed by atoms with Crippen LogP contribution in [-0.2, 0) is 4.79 Å². The Labute approximate surface area is 110 Å². The second-order valence-electron chi connectivity index (χ2n) is 6.65. The Balaban J connectivity index is 1.24. The van der Waals surface area contributed by atoms with Crippen LogP contribution in [0.4, 0.5) is 0 Å². The Morgan fingerprint density at radius 2 is 2.00 bits per heavy atom. The highest BCUT2D eigenvalue weighted by Crippen LogP contribution is 2.49. The highest BCUT2D eigenvalue weighted by atomic mass is 16.1. The minimum Gasteiger partial charge on any atom is -0.355 e. The summed E-state index contributed by atoms with van der Waals surface area (Å²) in [6.45, 7) is 2.42. The van der Waals surface area contributed by atoms with E-state index in [-0.39, 0.29) is 5.91 Å². The first kappa shape index (κ1) is 12.5. The summed E-state index contributed by atoms with van der Waals surface area (Å²) in [6, 6.07) is 0. The van der Waals surface area contributed by atoms with E-state index in [0.29, 0.717) is 6.54 Å². The minimum atomic E-state index is 0.179. The molecule has 0 aromatic rings. The first-order valence-electron chi connectivity index (χ1n) is 7.78. The fraction of sp³-hybridized carbons (Fsp3) is 0.933. The van der Waals surface area contributed by atoms with Crippen molar-refractivity contribution in [3.63, 3.8) is 0 Å². The maximum Gasteiger partial charge on any atom is 0.233 e. The van der Waals surface area contributed by atoms with Gasteiger partial charge < -0.3 is 10.6 Å². The quantitative estimate of drug-likeness (QED) is 0.725. The smallest absolute Gasteiger partial charge is 0.233 e. The van der Waals surface area contributed by atoms with Crippen LogP contribution in [0.25, 0.3) is 0 Å². The number of fused-ring (bicyclic) bond motifs is 2. The first-order valence-corrected chi connectivity index (χ1v) is 7.78. The summed E-state index contributed by atoms with van der Waals surface area (Å²) in [7, 11) is 0. The predicted octanol–water partition coefficient (Wildman–Crippen LogP) is 1.93. The van der Waals surface area contributed by atoms with Crippen LogP contribution in [0, 0.1) is 23.7 Å². The Kier molecular flexibility index (Phi) is 3.88. The Hall–Kier alpha value is -0.570. The van der Waals surface area contributed by atoms with Crippen molar-refractivity contribution in [3.05, 3.63) is 0 Å². The van der Waals surface area contributed by atoms with Crippen LogP contribution < -0.4 is 10.6 Å². The van der Waals surface area contributed by atoms with Crippen molar-refractivity contribution in [1.29, 1.82) is 0 Å². The molecule has 3 rings (SSSR count). The third-order valence-corrected chi connectivity index (χ3v) is 5.14. The van der Waals surface area contributed by atoms with Gasteiger partial charge in [-0.1, -0.05) is 6.42 Å². The van der Waals surface area contributed by atoms with E-state index in [1.165, 1.54) is 44.9 Å². The summed E-state index contributed by atoms with van der Waals surface area (Å²) < 4.78 is 0. The summed E-state index contributed by atoms with van der Waals surface area (Å²) in [5, 5.41) is 6.30. The van der Waals surface area contributed by atoms with Crippen LogP contribution in [0.3, 0.4) is 0 Å². The molecule has 0 heterocycles. The van der Waals surface area contributed by atoms with Gasteiger partial charge in [-0.05, 0) is 68.7 Å². The van der Waals surface area contributed by atoms with Crippen LogP contribution in [-0.4, -0.2) is 25.5 Å². The number of carbonyl (C=O) groups excluding carboxylic acids is 1. The summed E-state index contributed by atoms with van der Waals surface area (Å²) in [4.78, 5) is 11.6. The maximum absolute atomic E-state index is 11.6. The number of carbonyl (C=O) groups is 1. The Morgan fingerprint density at radius 1 is 1.11 bits per heavy atom. The number of nitrogens with one attached hydrogen (secondary N) is 2. The number of amides is 1. The molecule has 2 N–H and O–H groups in total. The van der Waals surface area contributed by atoms with Crippen LogP contribution in [0.1, 0.15) is 44.9 Å². The third-order valence-electron chi connectivity index (χ3n) is 5.14. The van der Waals surface area contributed by atoms with Crippen molar-refractivity contribution in [2.75, 3.05) is 19.6 Å². The fourth-order valence-electron chi connectivity index (χ4n) is 3.90. The third kappa shape index (κ3) is 3.25. The lowest BCUT2D eigenvalue weighted by Crippen LogP contribution is -2.35. The average Bonchev–Trinajstić information content (AvgIpc) is 2.95. The van der Waals surface area contributed by atoms with Gasteiger partial charge >= 0.3 is 0 Å². The Morgan fingerprint density at radius 3 is 2.67 bits per heavy atom. The number of hydrogen-bond donors (Lipinski definition) is 2. The van der Waals surface area contributed by atoms with Gasteiger partial charge in [0.1, 0.15) is 0 Å². The SMILES string of the molecule is O=C(CNCC1CC1)NCCC1CC2CCC1C2. The molecule has 0 spiro atoms. The van der Waals surface area contributed by atoms with Gasteiger partial charge in [0.2, 0.25) is 5.91 Å². The van der Waals surface area contributed by atoms with E-state index in [2.05, 4.69) is 10.6 Å². The molecule has 0 aliphatic heterocycles. The minimum absolute atomic E-state index is 0.179. The van der Waals surface area contributed by atoms with Crippen LogP contribution in [0.2, 0.25) is 0 Å². The van der Waals surface area contributed by atoms with Crippen LogP contribution in [0.5, 0.6) is 0 Å². The standard InChI is InChI=1S/C15H26N2O/c18-15(10-16-9-11-1-2-11)17-6-5-14-8-12-3-4-13(14)7-12/h11-14,16H,1-10H2,(H,17,18). The normalized spacial score (nSPS) is 33.9. The molecule has 3 nitrogen and oxygen atoms in total. The largest absolute Gasteiger partial charge is 0.355 e. The van der Waals surface area contributed by atoms with E-state index in [9.17, 15) is 4.79 Å². The monoisotopic (exact) mass is 250 g/mol. The van der Waals surface area contributed by atoms with Crippen molar-refractivity contribution >= 4 is 5.91 Å². The van der Waals surface area contributed by atoms with E-state index in [1.54, 1.807) is 0 Å². The van der Waals surface area contributed by atoms with Gasteiger partial charge in [0, 0.05) is 6.54 Å². The molecular formula is C15H26N2O. The van der Waals surface area contributed by atoms with Crippen molar-refractivity contribution in [2.45, 2.75) is 44.9 Å². The van der Waals surface area contributed by atoms with Gasteiger partial charge in [0.15, 0.2) is 0 Å². The highest BCUT2D eigenvalue weighted by Gasteiger charge is 2.38. The molecule has 3 fully saturated rings. The lowest BCUT2D eigenvalue weighted by Gasteiger charge is -2.21. The van der Waals surface area contributed by atoms with Gasteiger partial charge in [-0.25, -0.2) is 0 Å². The number of hydrogen-bond acceptors (Lipinski definition) is 2. The van der Waals surface area contributed by atoms with Crippen LogP contribution >= 0.6 is 0 Å². The molecular weight excluding hydrogens is 224 g/mol. The van der Waals surface area contributed by atoms with E-state index < -0.39 is 0 Å². The molecule has 18 heavy (non-hydrogen) atoms. The summed E-state index contributed by atoms with van der Waals surface area (Å²) in [5.74, 6) is 3.95. The molecule has 3 aliphatic carbocycles. The molecule has 3 saturated carbocycles. The van der Waals surface area contributed by atoms with Gasteiger partial charge in [0.05, 0.1) is 6.54 Å². The predicted molar refractivity (Wildman–Crippen MR) is 72.2 cm³/mol. The van der Waals surface area contributed by atoms with Crippen molar-refractivity contribution in [1.82, 2.24) is 10.6 Å². The van der Waals surface area contributed by atoms with Gasteiger partial charge in [-0.15, -0.1) is 0 Å². The zero-order chi connectivity index (χ0) is 12.4. The molecule has 2 bridgehead atoms. The molecule has 102 valence electrons. The second kappa shape index (κ2) is 5.60. The van der Waals surface area contributed by atoms with E-state index in [4.69, 9.17) is 0 Å². The van der Waals surface area contributed by atoms with Crippen molar-refractivity contribution < 1.29 is 4.79 Å². The van der Waals surface area contributed by atoms with E-state index in [0.717, 1.165) is 36.8 Å². The zero-order valence-electron chi connectivity index (χ0n) is 11.3. The molecule has 0 aromatic heterocycles. The molecule has 1 amide bonds. The molecule has 3 aliphatic rings. The topological polar surface area (TPSA) is 41.1 Å². The second-order valence-corrected chi connectivity index (χ2v) is 6.65. The lowest BCUT2D eigenvalue weighted by atomic mass is 9.86. The van der Waals surface area contributed by atoms with E-state index >= 15 is 0 Å². The summed E-state index contributed by atoms with van der Waals surface area (Å²) in [5.41, 5.74) is 0. The fourth-order valence-corrected chi connectivity index (χ4v) is 3.90. The highest BCUT2D eigenvalue weighted by molar-refractivity contribution is 5.77. The number of rotatable bonds is 7. The average molecular weight is 250 g/mol. The summed E-state index contributed by atoms with van der Waals surface area (Å²) >= 11 is 0. The molecule has 3 unspecified atom stereocenters.